The fourth-order valence-electron chi connectivity index (χ4n) is 3.43. The average molecular weight is 494 g/mol. The predicted octanol–water partition coefficient (Wildman–Crippen LogP) is 1.69. The zero-order valence-electron chi connectivity index (χ0n) is 18.9. The summed E-state index contributed by atoms with van der Waals surface area (Å²) in [5.41, 5.74) is 6.31. The highest BCUT2D eigenvalue weighted by Gasteiger charge is 2.31. The largest absolute Gasteiger partial charge is 0.381 e. The minimum Gasteiger partial charge on any atom is -0.381 e. The Morgan fingerprint density at radius 1 is 0.829 bits per heavy atom. The molecule has 9 heteroatoms. The number of aliphatic hydroxyl groups is 1. The Labute approximate surface area is 206 Å². The van der Waals surface area contributed by atoms with Crippen LogP contribution in [0.2, 0.25) is 0 Å². The third-order valence-electron chi connectivity index (χ3n) is 5.32. The summed E-state index contributed by atoms with van der Waals surface area (Å²) in [6, 6.07) is 23.4. The van der Waals surface area contributed by atoms with Crippen LogP contribution in [0.5, 0.6) is 0 Å². The number of nitrogens with two attached hydrogens (primary N) is 1. The van der Waals surface area contributed by atoms with Crippen LogP contribution in [0.1, 0.15) is 28.4 Å². The number of benzene rings is 3. The lowest BCUT2D eigenvalue weighted by Crippen LogP contribution is -2.52. The predicted molar refractivity (Wildman–Crippen MR) is 133 cm³/mol. The van der Waals surface area contributed by atoms with Crippen molar-refractivity contribution in [2.75, 3.05) is 5.75 Å². The van der Waals surface area contributed by atoms with Gasteiger partial charge in [-0.15, -0.1) is 0 Å². The minimum atomic E-state index is -1.72. The van der Waals surface area contributed by atoms with Gasteiger partial charge in [-0.2, -0.15) is 0 Å². The summed E-state index contributed by atoms with van der Waals surface area (Å²) < 4.78 is 12.5. The minimum absolute atomic E-state index is 0.0156. The van der Waals surface area contributed by atoms with Gasteiger partial charge in [0.05, 0.1) is 16.8 Å². The lowest BCUT2D eigenvalue weighted by atomic mass is 9.99. The van der Waals surface area contributed by atoms with Crippen LogP contribution in [0, 0.1) is 0 Å². The third-order valence-corrected chi connectivity index (χ3v) is 6.73. The molecule has 0 saturated carbocycles. The van der Waals surface area contributed by atoms with E-state index in [-0.39, 0.29) is 12.2 Å². The monoisotopic (exact) mass is 493 g/mol. The zero-order chi connectivity index (χ0) is 25.2. The summed E-state index contributed by atoms with van der Waals surface area (Å²) in [7, 11) is -1.39. The van der Waals surface area contributed by atoms with Crippen LogP contribution in [0.15, 0.2) is 95.9 Å². The molecular formula is C26H27N3O5S. The summed E-state index contributed by atoms with van der Waals surface area (Å²) >= 11 is 0. The molecule has 0 heterocycles. The van der Waals surface area contributed by atoms with E-state index < -0.39 is 46.7 Å². The number of amides is 3. The van der Waals surface area contributed by atoms with Gasteiger partial charge in [0, 0.05) is 16.2 Å². The maximum Gasteiger partial charge on any atom is 0.252 e. The van der Waals surface area contributed by atoms with Crippen molar-refractivity contribution in [2.24, 2.45) is 5.73 Å². The second-order valence-electron chi connectivity index (χ2n) is 7.79. The molecule has 3 aromatic carbocycles. The molecular weight excluding hydrogens is 466 g/mol. The number of nitrogens with one attached hydrogen (secondary N) is 2. The number of primary amides is 1. The summed E-state index contributed by atoms with van der Waals surface area (Å²) in [5.74, 6) is -2.10. The van der Waals surface area contributed by atoms with Gasteiger partial charge in [0.15, 0.2) is 6.10 Å². The molecule has 0 aromatic heterocycles. The van der Waals surface area contributed by atoms with Crippen molar-refractivity contribution in [3.8, 4) is 0 Å². The topological polar surface area (TPSA) is 139 Å². The molecule has 0 unspecified atom stereocenters. The first-order chi connectivity index (χ1) is 16.9. The Hall–Kier alpha value is -3.82. The van der Waals surface area contributed by atoms with E-state index in [0.29, 0.717) is 16.0 Å². The molecule has 0 fully saturated rings. The maximum atomic E-state index is 12.9. The first-order valence-corrected chi connectivity index (χ1v) is 12.3. The van der Waals surface area contributed by atoms with Gasteiger partial charge in [0.1, 0.15) is 6.04 Å². The van der Waals surface area contributed by atoms with E-state index in [4.69, 9.17) is 5.73 Å². The van der Waals surface area contributed by atoms with Crippen molar-refractivity contribution in [1.82, 2.24) is 10.6 Å². The molecule has 0 aliphatic rings. The molecule has 8 nitrogen and oxygen atoms in total. The highest BCUT2D eigenvalue weighted by molar-refractivity contribution is 7.85. The Morgan fingerprint density at radius 2 is 1.37 bits per heavy atom. The normalized spacial score (nSPS) is 14.2. The zero-order valence-corrected chi connectivity index (χ0v) is 19.7. The fourth-order valence-corrected chi connectivity index (χ4v) is 4.57. The quantitative estimate of drug-likeness (QED) is 0.322. The van der Waals surface area contributed by atoms with Crippen LogP contribution in [0.4, 0.5) is 0 Å². The highest BCUT2D eigenvalue weighted by atomic mass is 32.2. The van der Waals surface area contributed by atoms with Gasteiger partial charge < -0.3 is 21.5 Å². The van der Waals surface area contributed by atoms with Crippen LogP contribution in [0.25, 0.3) is 0 Å². The van der Waals surface area contributed by atoms with Crippen molar-refractivity contribution in [2.45, 2.75) is 29.5 Å². The summed E-state index contributed by atoms with van der Waals surface area (Å²) in [4.78, 5) is 38.2. The van der Waals surface area contributed by atoms with Crippen LogP contribution >= 0.6 is 0 Å². The van der Waals surface area contributed by atoms with Crippen LogP contribution in [0.3, 0.4) is 0 Å². The molecule has 5 N–H and O–H groups in total. The summed E-state index contributed by atoms with van der Waals surface area (Å²) in [6.07, 6.45) is -1.70. The van der Waals surface area contributed by atoms with E-state index in [1.807, 2.05) is 0 Å². The number of carbonyl (C=O) groups excluding carboxylic acids is 3. The second-order valence-corrected chi connectivity index (χ2v) is 9.36. The molecule has 4 atom stereocenters. The van der Waals surface area contributed by atoms with Crippen molar-refractivity contribution in [1.29, 1.82) is 0 Å². The first kappa shape index (κ1) is 25.8. The molecule has 0 aliphatic heterocycles. The number of hydrogen-bond acceptors (Lipinski definition) is 5. The molecule has 0 bridgehead atoms. The van der Waals surface area contributed by atoms with E-state index in [9.17, 15) is 23.7 Å². The van der Waals surface area contributed by atoms with Crippen molar-refractivity contribution in [3.63, 3.8) is 0 Å². The Morgan fingerprint density at radius 3 is 1.94 bits per heavy atom. The number of rotatable bonds is 11. The van der Waals surface area contributed by atoms with Crippen LogP contribution < -0.4 is 16.4 Å². The molecule has 3 rings (SSSR count). The van der Waals surface area contributed by atoms with E-state index in [0.717, 1.165) is 0 Å². The molecule has 3 aromatic rings. The summed E-state index contributed by atoms with van der Waals surface area (Å²) in [6.45, 7) is 0. The third kappa shape index (κ3) is 7.33. The first-order valence-electron chi connectivity index (χ1n) is 11.0. The van der Waals surface area contributed by atoms with E-state index >= 15 is 0 Å². The van der Waals surface area contributed by atoms with Gasteiger partial charge in [-0.3, -0.25) is 18.6 Å². The molecule has 0 radical (unpaired) electrons. The van der Waals surface area contributed by atoms with E-state index in [2.05, 4.69) is 10.6 Å². The SMILES string of the molecule is NC(=O)[C@H](CC[S@@](=O)c1ccccc1)NC(=O)[C@H](O)[C@@H](NC(=O)c1ccccc1)c1ccccc1. The smallest absolute Gasteiger partial charge is 0.252 e. The van der Waals surface area contributed by atoms with Gasteiger partial charge in [0.2, 0.25) is 5.91 Å². The van der Waals surface area contributed by atoms with Gasteiger partial charge >= 0.3 is 0 Å². The van der Waals surface area contributed by atoms with E-state index in [1.165, 1.54) is 0 Å². The molecule has 3 amide bonds. The number of hydrogen-bond donors (Lipinski definition) is 4. The maximum absolute atomic E-state index is 12.9. The molecule has 0 saturated heterocycles. The second kappa shape index (κ2) is 12.6. The lowest BCUT2D eigenvalue weighted by Gasteiger charge is -2.25. The van der Waals surface area contributed by atoms with Crippen LogP contribution in [-0.4, -0.2) is 44.9 Å². The lowest BCUT2D eigenvalue weighted by molar-refractivity contribution is -0.134. The van der Waals surface area contributed by atoms with Gasteiger partial charge in [0.25, 0.3) is 11.8 Å². The fraction of sp³-hybridized carbons (Fsp3) is 0.192. The molecule has 35 heavy (non-hydrogen) atoms. The van der Waals surface area contributed by atoms with Crippen LogP contribution in [-0.2, 0) is 20.4 Å². The molecule has 0 spiro atoms. The average Bonchev–Trinajstić information content (AvgIpc) is 2.90. The van der Waals surface area contributed by atoms with Gasteiger partial charge in [-0.25, -0.2) is 0 Å². The van der Waals surface area contributed by atoms with Crippen molar-refractivity contribution >= 4 is 28.5 Å². The molecule has 0 aliphatic carbocycles. The number of carbonyl (C=O) groups is 3. The van der Waals surface area contributed by atoms with Crippen molar-refractivity contribution < 1.29 is 23.7 Å². The highest BCUT2D eigenvalue weighted by Crippen LogP contribution is 2.19. The Kier molecular flexibility index (Phi) is 9.28. The molecule has 182 valence electrons. The van der Waals surface area contributed by atoms with Gasteiger partial charge in [-0.05, 0) is 36.2 Å². The Bertz CT molecular complexity index is 1160. The van der Waals surface area contributed by atoms with E-state index in [1.54, 1.807) is 91.0 Å². The Balaban J connectivity index is 1.71. The number of aliphatic hydroxyl groups excluding tert-OH is 1. The summed E-state index contributed by atoms with van der Waals surface area (Å²) in [5, 5.41) is 16.0. The van der Waals surface area contributed by atoms with Crippen molar-refractivity contribution in [3.05, 3.63) is 102 Å². The van der Waals surface area contributed by atoms with Gasteiger partial charge in [-0.1, -0.05) is 66.7 Å². The standard InChI is InChI=1S/C26H27N3O5S/c27-24(31)21(16-17-35(34)20-14-8-3-9-15-20)28-26(33)23(30)22(18-10-4-1-5-11-18)29-25(32)19-12-6-2-7-13-19/h1-15,21-23,30H,16-17H2,(H2,27,31)(H,28,33)(H,29,32)/t21-,22-,23+,35+/m0/s1.